The van der Waals surface area contributed by atoms with Gasteiger partial charge in [0, 0.05) is 10.0 Å². The second-order valence-corrected chi connectivity index (χ2v) is 10.8. The Balaban J connectivity index is 1.91. The van der Waals surface area contributed by atoms with Crippen LogP contribution in [-0.4, -0.2) is 43.4 Å². The molecule has 0 unspecified atom stereocenters. The lowest BCUT2D eigenvalue weighted by Crippen LogP contribution is -2.39. The third-order valence-corrected chi connectivity index (χ3v) is 7.55. The van der Waals surface area contributed by atoms with Gasteiger partial charge in [-0.3, -0.25) is 9.36 Å². The molecule has 9 nitrogen and oxygen atoms in total. The smallest absolute Gasteiger partial charge is 0.344 e. The van der Waals surface area contributed by atoms with Crippen LogP contribution in [0.2, 0.25) is 0 Å². The van der Waals surface area contributed by atoms with Crippen LogP contribution in [-0.2, 0) is 19.1 Å². The van der Waals surface area contributed by atoms with E-state index < -0.39 is 18.0 Å². The predicted molar refractivity (Wildman–Crippen MR) is 154 cm³/mol. The fraction of sp³-hybridized carbons (Fsp3) is 0.310. The van der Waals surface area contributed by atoms with E-state index in [9.17, 15) is 14.4 Å². The summed E-state index contributed by atoms with van der Waals surface area (Å²) in [4.78, 5) is 44.1. The number of aromatic nitrogens is 1. The molecular formula is C29H29BrN2O7S. The van der Waals surface area contributed by atoms with Gasteiger partial charge in [-0.05, 0) is 51.5 Å². The number of rotatable bonds is 9. The first kappa shape index (κ1) is 29.3. The number of benzene rings is 2. The number of hydrogen-bond donors (Lipinski definition) is 0. The fourth-order valence-corrected chi connectivity index (χ4v) is 5.82. The Morgan fingerprint density at radius 1 is 1.10 bits per heavy atom. The van der Waals surface area contributed by atoms with Gasteiger partial charge in [0.05, 0.1) is 42.2 Å². The van der Waals surface area contributed by atoms with Gasteiger partial charge >= 0.3 is 11.9 Å². The largest absolute Gasteiger partial charge is 0.493 e. The van der Waals surface area contributed by atoms with Gasteiger partial charge in [-0.25, -0.2) is 14.6 Å². The number of nitrogens with zero attached hydrogens (tertiary/aromatic N) is 2. The summed E-state index contributed by atoms with van der Waals surface area (Å²) in [6, 6.07) is 10.4. The Hall–Kier alpha value is -3.70. The molecule has 0 N–H and O–H groups in total. The van der Waals surface area contributed by atoms with Gasteiger partial charge in [-0.2, -0.15) is 0 Å². The first-order valence-corrected chi connectivity index (χ1v) is 14.2. The highest BCUT2D eigenvalue weighted by atomic mass is 79.9. The van der Waals surface area contributed by atoms with Crippen molar-refractivity contribution in [3.63, 3.8) is 0 Å². The molecule has 40 heavy (non-hydrogen) atoms. The molecule has 11 heteroatoms. The number of fused-ring (bicyclic) bond motifs is 1. The van der Waals surface area contributed by atoms with Crippen molar-refractivity contribution in [2.75, 3.05) is 26.9 Å². The van der Waals surface area contributed by atoms with E-state index in [1.165, 1.54) is 23.0 Å². The predicted octanol–water partition coefficient (Wildman–Crippen LogP) is 3.82. The topological polar surface area (TPSA) is 105 Å². The summed E-state index contributed by atoms with van der Waals surface area (Å²) in [7, 11) is 1.48. The highest BCUT2D eigenvalue weighted by molar-refractivity contribution is 9.10. The maximum absolute atomic E-state index is 14.0. The Morgan fingerprint density at radius 2 is 1.80 bits per heavy atom. The van der Waals surface area contributed by atoms with Crippen LogP contribution in [0.1, 0.15) is 43.5 Å². The van der Waals surface area contributed by atoms with Crippen LogP contribution in [0.4, 0.5) is 0 Å². The minimum atomic E-state index is -0.713. The van der Waals surface area contributed by atoms with Crippen molar-refractivity contribution < 1.29 is 28.5 Å². The van der Waals surface area contributed by atoms with Crippen molar-refractivity contribution in [3.05, 3.63) is 88.5 Å². The average Bonchev–Trinajstić information content (AvgIpc) is 3.21. The monoisotopic (exact) mass is 628 g/mol. The van der Waals surface area contributed by atoms with E-state index in [0.29, 0.717) is 36.4 Å². The van der Waals surface area contributed by atoms with Gasteiger partial charge in [0.1, 0.15) is 0 Å². The van der Waals surface area contributed by atoms with Crippen molar-refractivity contribution in [3.8, 4) is 11.5 Å². The number of ether oxygens (including phenoxy) is 4. The highest BCUT2D eigenvalue weighted by Gasteiger charge is 2.33. The molecule has 0 bridgehead atoms. The number of allylic oxidation sites excluding steroid dienone is 1. The lowest BCUT2D eigenvalue weighted by Gasteiger charge is -2.24. The number of carbonyl (C=O) groups excluding carboxylic acids is 2. The standard InChI is InChI=1S/C29H29BrN2O7S/c1-6-37-23(33)15-39-26-19(12-20(30)14-21(26)36-5)13-22-27(34)32-25(18-10-8-16(3)9-11-18)24(28(35)38-7-2)17(4)31-29(32)40-22/h8-14,25H,6-7,15H2,1-5H3/b22-13-/t25-/m1/s1. The zero-order valence-electron chi connectivity index (χ0n) is 22.8. The molecule has 2 heterocycles. The number of hydrogen-bond acceptors (Lipinski definition) is 9. The molecule has 1 aromatic heterocycles. The Morgan fingerprint density at radius 3 is 2.45 bits per heavy atom. The molecule has 1 atom stereocenters. The zero-order chi connectivity index (χ0) is 29.0. The van der Waals surface area contributed by atoms with E-state index in [-0.39, 0.29) is 31.1 Å². The molecule has 1 aliphatic rings. The van der Waals surface area contributed by atoms with E-state index in [1.807, 2.05) is 31.2 Å². The third kappa shape index (κ3) is 6.05. The zero-order valence-corrected chi connectivity index (χ0v) is 25.2. The summed E-state index contributed by atoms with van der Waals surface area (Å²) >= 11 is 4.66. The van der Waals surface area contributed by atoms with Crippen molar-refractivity contribution in [1.82, 2.24) is 4.57 Å². The van der Waals surface area contributed by atoms with E-state index >= 15 is 0 Å². The molecule has 0 saturated heterocycles. The van der Waals surface area contributed by atoms with Crippen LogP contribution in [0.25, 0.3) is 6.08 Å². The molecular weight excluding hydrogens is 600 g/mol. The van der Waals surface area contributed by atoms with Gasteiger partial charge < -0.3 is 18.9 Å². The summed E-state index contributed by atoms with van der Waals surface area (Å²) in [5, 5.41) is 0. The first-order chi connectivity index (χ1) is 19.2. The summed E-state index contributed by atoms with van der Waals surface area (Å²) in [5.74, 6) is -0.397. The SMILES string of the molecule is CCOC(=O)COc1c(/C=c2\sc3n(c2=O)[C@H](c2ccc(C)cc2)C(C(=O)OCC)=C(C)N=3)cc(Br)cc1OC. The summed E-state index contributed by atoms with van der Waals surface area (Å²) in [6.45, 7) is 7.24. The lowest BCUT2D eigenvalue weighted by molar-refractivity contribution is -0.145. The number of methoxy groups -OCH3 is 1. The number of aryl methyl sites for hydroxylation is 1. The Kier molecular flexibility index (Phi) is 9.26. The van der Waals surface area contributed by atoms with Crippen LogP contribution in [0.3, 0.4) is 0 Å². The van der Waals surface area contributed by atoms with Crippen molar-refractivity contribution >= 4 is 45.3 Å². The molecule has 3 aromatic rings. The van der Waals surface area contributed by atoms with Crippen LogP contribution >= 0.6 is 27.3 Å². The Bertz CT molecular complexity index is 1650. The molecule has 0 spiro atoms. The van der Waals surface area contributed by atoms with E-state index in [4.69, 9.17) is 18.9 Å². The third-order valence-electron chi connectivity index (χ3n) is 6.10. The van der Waals surface area contributed by atoms with Gasteiger partial charge in [0.2, 0.25) is 0 Å². The summed E-state index contributed by atoms with van der Waals surface area (Å²) in [6.07, 6.45) is 1.66. The molecule has 0 fully saturated rings. The second kappa shape index (κ2) is 12.6. The molecule has 4 rings (SSSR count). The van der Waals surface area contributed by atoms with Gasteiger partial charge in [-0.15, -0.1) is 0 Å². The van der Waals surface area contributed by atoms with Crippen LogP contribution in [0, 0.1) is 6.92 Å². The van der Waals surface area contributed by atoms with Crippen LogP contribution < -0.4 is 24.4 Å². The normalized spacial score (nSPS) is 14.8. The second-order valence-electron chi connectivity index (χ2n) is 8.83. The highest BCUT2D eigenvalue weighted by Crippen LogP contribution is 2.36. The van der Waals surface area contributed by atoms with Crippen molar-refractivity contribution in [1.29, 1.82) is 0 Å². The summed E-state index contributed by atoms with van der Waals surface area (Å²) < 4.78 is 24.2. The molecule has 0 saturated carbocycles. The van der Waals surface area contributed by atoms with Gasteiger partial charge in [-0.1, -0.05) is 57.1 Å². The number of halogens is 1. The van der Waals surface area contributed by atoms with E-state index in [0.717, 1.165) is 11.1 Å². The van der Waals surface area contributed by atoms with E-state index in [2.05, 4.69) is 20.9 Å². The average molecular weight is 630 g/mol. The quantitative estimate of drug-likeness (QED) is 0.332. The molecule has 2 aromatic carbocycles. The van der Waals surface area contributed by atoms with Gasteiger partial charge in [0.15, 0.2) is 22.9 Å². The maximum Gasteiger partial charge on any atom is 0.344 e. The summed E-state index contributed by atoms with van der Waals surface area (Å²) in [5.41, 5.74) is 2.78. The van der Waals surface area contributed by atoms with Crippen molar-refractivity contribution in [2.45, 2.75) is 33.7 Å². The molecule has 210 valence electrons. The van der Waals surface area contributed by atoms with Crippen LogP contribution in [0.15, 0.2) is 61.9 Å². The lowest BCUT2D eigenvalue weighted by atomic mass is 9.95. The van der Waals surface area contributed by atoms with Crippen LogP contribution in [0.5, 0.6) is 11.5 Å². The minimum Gasteiger partial charge on any atom is -0.493 e. The van der Waals surface area contributed by atoms with Gasteiger partial charge in [0.25, 0.3) is 5.56 Å². The molecule has 0 aliphatic carbocycles. The molecule has 0 radical (unpaired) electrons. The minimum absolute atomic E-state index is 0.194. The maximum atomic E-state index is 14.0. The Labute approximate surface area is 243 Å². The number of esters is 2. The van der Waals surface area contributed by atoms with E-state index in [1.54, 1.807) is 39.0 Å². The molecule has 0 amide bonds. The van der Waals surface area contributed by atoms with Crippen molar-refractivity contribution in [2.24, 2.45) is 4.99 Å². The number of thiazole rings is 1. The number of carbonyl (C=O) groups is 2. The first-order valence-electron chi connectivity index (χ1n) is 12.6. The fourth-order valence-electron chi connectivity index (χ4n) is 4.33. The molecule has 1 aliphatic heterocycles.